The van der Waals surface area contributed by atoms with E-state index in [2.05, 4.69) is 37.6 Å². The van der Waals surface area contributed by atoms with Crippen LogP contribution in [0.1, 0.15) is 44.1 Å². The highest BCUT2D eigenvalue weighted by atomic mass is 16.6. The molecule has 1 aliphatic carbocycles. The molecule has 35 heavy (non-hydrogen) atoms. The van der Waals surface area contributed by atoms with Crippen molar-refractivity contribution in [2.24, 2.45) is 23.5 Å². The van der Waals surface area contributed by atoms with Crippen LogP contribution in [0, 0.1) is 27.9 Å². The molecule has 190 valence electrons. The van der Waals surface area contributed by atoms with Gasteiger partial charge in [-0.3, -0.25) is 10.1 Å². The van der Waals surface area contributed by atoms with E-state index >= 15 is 0 Å². The fourth-order valence-corrected chi connectivity index (χ4v) is 5.12. The summed E-state index contributed by atoms with van der Waals surface area (Å²) in [6.07, 6.45) is 7.59. The zero-order valence-corrected chi connectivity index (χ0v) is 20.2. The maximum Gasteiger partial charge on any atom is 0.329 e. The summed E-state index contributed by atoms with van der Waals surface area (Å²) < 4.78 is 0. The van der Waals surface area contributed by atoms with E-state index in [0.29, 0.717) is 36.8 Å². The molecule has 1 aromatic carbocycles. The summed E-state index contributed by atoms with van der Waals surface area (Å²) in [6.45, 7) is 4.11. The number of aromatic nitrogens is 2. The minimum absolute atomic E-state index is 0.124. The van der Waals surface area contributed by atoms with Crippen LogP contribution in [-0.4, -0.2) is 52.8 Å². The van der Waals surface area contributed by atoms with Crippen LogP contribution in [0.15, 0.2) is 30.5 Å². The van der Waals surface area contributed by atoms with E-state index in [0.717, 1.165) is 57.3 Å². The van der Waals surface area contributed by atoms with Gasteiger partial charge in [-0.1, -0.05) is 12.1 Å². The Hall–Kier alpha value is -2.98. The number of anilines is 3. The van der Waals surface area contributed by atoms with Crippen LogP contribution in [0.5, 0.6) is 0 Å². The second kappa shape index (κ2) is 12.1. The Morgan fingerprint density at radius 3 is 2.69 bits per heavy atom. The highest BCUT2D eigenvalue weighted by molar-refractivity contribution is 5.57. The summed E-state index contributed by atoms with van der Waals surface area (Å²) in [5, 5.41) is 27.2. The Morgan fingerprint density at radius 1 is 1.14 bits per heavy atom. The van der Waals surface area contributed by atoms with Gasteiger partial charge in [0.05, 0.1) is 4.92 Å². The van der Waals surface area contributed by atoms with Gasteiger partial charge in [-0.05, 0) is 80.5 Å². The number of nitrogens with one attached hydrogen (secondary N) is 2. The van der Waals surface area contributed by atoms with Crippen molar-refractivity contribution in [1.29, 1.82) is 0 Å². The van der Waals surface area contributed by atoms with E-state index in [1.54, 1.807) is 0 Å². The molecule has 2 aromatic rings. The number of rotatable bonds is 10. The van der Waals surface area contributed by atoms with E-state index in [9.17, 15) is 15.2 Å². The maximum absolute atomic E-state index is 11.5. The average molecular weight is 484 g/mol. The molecule has 5 N–H and O–H groups in total. The molecule has 1 aromatic heterocycles. The van der Waals surface area contributed by atoms with Crippen molar-refractivity contribution in [1.82, 2.24) is 9.97 Å². The molecule has 0 radical (unpaired) electrons. The first-order chi connectivity index (χ1) is 17.1. The van der Waals surface area contributed by atoms with Crippen molar-refractivity contribution in [3.63, 3.8) is 0 Å². The standard InChI is InChI=1S/C25H37N7O3/c26-12-21-4-2-10-31(16-21)22-5-1-3-20(11-22)14-28-25-29-15-23(32(34)35)24(30-25)27-13-18-6-8-19(17-33)9-7-18/h1,3,5,11,15,18-19,21,33H,2,4,6-10,12-14,16-17,26H2,(H2,27,28,29,30). The predicted octanol–water partition coefficient (Wildman–Crippen LogP) is 3.38. The average Bonchev–Trinajstić information content (AvgIpc) is 2.91. The van der Waals surface area contributed by atoms with Crippen LogP contribution in [0.2, 0.25) is 0 Å². The summed E-state index contributed by atoms with van der Waals surface area (Å²) in [6, 6.07) is 8.39. The highest BCUT2D eigenvalue weighted by Gasteiger charge is 2.23. The van der Waals surface area contributed by atoms with Gasteiger partial charge in [-0.25, -0.2) is 4.98 Å². The fourth-order valence-electron chi connectivity index (χ4n) is 5.12. The van der Waals surface area contributed by atoms with Crippen molar-refractivity contribution < 1.29 is 10.0 Å². The monoisotopic (exact) mass is 483 g/mol. The number of nitrogens with zero attached hydrogens (tertiary/aromatic N) is 4. The molecule has 1 saturated carbocycles. The van der Waals surface area contributed by atoms with Crippen LogP contribution in [0.3, 0.4) is 0 Å². The Morgan fingerprint density at radius 2 is 1.94 bits per heavy atom. The number of nitrogens with two attached hydrogens (primary N) is 1. The Balaban J connectivity index is 1.37. The van der Waals surface area contributed by atoms with Gasteiger partial charge in [-0.15, -0.1) is 0 Å². The molecule has 1 saturated heterocycles. The Bertz CT molecular complexity index is 981. The molecule has 0 spiro atoms. The molecule has 1 aliphatic heterocycles. The lowest BCUT2D eigenvalue weighted by Gasteiger charge is -2.34. The van der Waals surface area contributed by atoms with E-state index in [-0.39, 0.29) is 18.1 Å². The lowest BCUT2D eigenvalue weighted by atomic mass is 9.82. The second-order valence-corrected chi connectivity index (χ2v) is 9.85. The fraction of sp³-hybridized carbons (Fsp3) is 0.600. The smallest absolute Gasteiger partial charge is 0.329 e. The second-order valence-electron chi connectivity index (χ2n) is 9.85. The lowest BCUT2D eigenvalue weighted by molar-refractivity contribution is -0.384. The molecule has 10 heteroatoms. The quantitative estimate of drug-likeness (QED) is 0.295. The molecule has 2 aliphatic rings. The van der Waals surface area contributed by atoms with E-state index in [1.165, 1.54) is 18.3 Å². The molecule has 10 nitrogen and oxygen atoms in total. The third-order valence-corrected chi connectivity index (χ3v) is 7.33. The van der Waals surface area contributed by atoms with Gasteiger partial charge < -0.3 is 26.4 Å². The Labute approximate surface area is 206 Å². The summed E-state index contributed by atoms with van der Waals surface area (Å²) >= 11 is 0. The molecule has 2 fully saturated rings. The Kier molecular flexibility index (Phi) is 8.70. The summed E-state index contributed by atoms with van der Waals surface area (Å²) in [5.41, 5.74) is 8.05. The first-order valence-electron chi connectivity index (χ1n) is 12.7. The molecule has 1 unspecified atom stereocenters. The molecule has 2 heterocycles. The minimum atomic E-state index is -0.453. The number of benzene rings is 1. The molecule has 0 amide bonds. The number of hydrogen-bond acceptors (Lipinski definition) is 9. The van der Waals surface area contributed by atoms with E-state index in [4.69, 9.17) is 5.73 Å². The summed E-state index contributed by atoms with van der Waals surface area (Å²) in [5.74, 6) is 1.93. The van der Waals surface area contributed by atoms with Crippen LogP contribution in [0.4, 0.5) is 23.1 Å². The predicted molar refractivity (Wildman–Crippen MR) is 137 cm³/mol. The van der Waals surface area contributed by atoms with Gasteiger partial charge in [-0.2, -0.15) is 4.98 Å². The number of hydrogen-bond donors (Lipinski definition) is 4. The third kappa shape index (κ3) is 6.79. The zero-order chi connectivity index (χ0) is 24.6. The van der Waals surface area contributed by atoms with Crippen LogP contribution < -0.4 is 21.3 Å². The van der Waals surface area contributed by atoms with E-state index < -0.39 is 4.92 Å². The molecule has 0 bridgehead atoms. The highest BCUT2D eigenvalue weighted by Crippen LogP contribution is 2.30. The van der Waals surface area contributed by atoms with Gasteiger partial charge in [0.15, 0.2) is 0 Å². The zero-order valence-electron chi connectivity index (χ0n) is 20.2. The van der Waals surface area contributed by atoms with E-state index in [1.807, 2.05) is 12.1 Å². The number of aliphatic hydroxyl groups excluding tert-OH is 1. The van der Waals surface area contributed by atoms with Crippen molar-refractivity contribution >= 4 is 23.1 Å². The van der Waals surface area contributed by atoms with Gasteiger partial charge in [0.2, 0.25) is 11.8 Å². The van der Waals surface area contributed by atoms with Crippen LogP contribution in [-0.2, 0) is 6.54 Å². The largest absolute Gasteiger partial charge is 0.396 e. The molecule has 1 atom stereocenters. The minimum Gasteiger partial charge on any atom is -0.396 e. The maximum atomic E-state index is 11.5. The van der Waals surface area contributed by atoms with Gasteiger partial charge in [0.25, 0.3) is 0 Å². The molecular formula is C25H37N7O3. The van der Waals surface area contributed by atoms with Crippen molar-refractivity contribution in [3.8, 4) is 0 Å². The normalized spacial score (nSPS) is 22.6. The first-order valence-corrected chi connectivity index (χ1v) is 12.7. The van der Waals surface area contributed by atoms with Crippen molar-refractivity contribution in [2.45, 2.75) is 45.1 Å². The molecule has 4 rings (SSSR count). The van der Waals surface area contributed by atoms with Crippen LogP contribution >= 0.6 is 0 Å². The summed E-state index contributed by atoms with van der Waals surface area (Å²) in [7, 11) is 0. The third-order valence-electron chi connectivity index (χ3n) is 7.33. The topological polar surface area (TPSA) is 142 Å². The molecular weight excluding hydrogens is 446 g/mol. The summed E-state index contributed by atoms with van der Waals surface area (Å²) in [4.78, 5) is 22.0. The first kappa shape index (κ1) is 25.1. The number of aliphatic hydroxyl groups is 1. The van der Waals surface area contributed by atoms with Crippen molar-refractivity contribution in [2.75, 3.05) is 48.3 Å². The van der Waals surface area contributed by atoms with Crippen LogP contribution in [0.25, 0.3) is 0 Å². The SMILES string of the molecule is NCC1CCCN(c2cccc(CNc3ncc([N+](=O)[O-])c(NCC4CCC(CO)CC4)n3)c2)C1. The number of piperidine rings is 1. The van der Waals surface area contributed by atoms with Gasteiger partial charge in [0.1, 0.15) is 6.20 Å². The van der Waals surface area contributed by atoms with Gasteiger partial charge in [0, 0.05) is 38.5 Å². The lowest BCUT2D eigenvalue weighted by Crippen LogP contribution is -2.38. The van der Waals surface area contributed by atoms with Crippen molar-refractivity contribution in [3.05, 3.63) is 46.1 Å². The van der Waals surface area contributed by atoms with Gasteiger partial charge >= 0.3 is 5.69 Å². The number of nitro groups is 1.